The Hall–Kier alpha value is -1.55. The van der Waals surface area contributed by atoms with Crippen LogP contribution in [0.5, 0.6) is 5.75 Å². The number of nitrogens with one attached hydrogen (secondary N) is 3. The molecule has 0 radical (unpaired) electrons. The van der Waals surface area contributed by atoms with E-state index in [-0.39, 0.29) is 29.9 Å². The van der Waals surface area contributed by atoms with Gasteiger partial charge in [-0.3, -0.25) is 14.7 Å². The normalized spacial score (nSPS) is 22.2. The Labute approximate surface area is 196 Å². The van der Waals surface area contributed by atoms with Crippen molar-refractivity contribution in [2.24, 2.45) is 4.99 Å². The Morgan fingerprint density at radius 1 is 1.27 bits per heavy atom. The highest BCUT2D eigenvalue weighted by molar-refractivity contribution is 14.0. The third-order valence-corrected chi connectivity index (χ3v) is 6.26. The summed E-state index contributed by atoms with van der Waals surface area (Å²) in [4.78, 5) is 18.5. The van der Waals surface area contributed by atoms with E-state index in [2.05, 4.69) is 25.8 Å². The molecule has 1 aromatic rings. The highest BCUT2D eigenvalue weighted by atomic mass is 127. The summed E-state index contributed by atoms with van der Waals surface area (Å²) in [6, 6.07) is 7.13. The molecule has 1 aromatic carbocycles. The van der Waals surface area contributed by atoms with E-state index in [9.17, 15) is 4.79 Å². The fourth-order valence-electron chi connectivity index (χ4n) is 4.68. The fraction of sp³-hybridized carbons (Fsp3) is 0.636. The molecule has 2 heterocycles. The lowest BCUT2D eigenvalue weighted by Gasteiger charge is -2.24. The number of nitrogens with zero attached hydrogens (tertiary/aromatic N) is 2. The molecular formula is C22H34IN5O2. The number of fused-ring (bicyclic) bond motifs is 1. The summed E-state index contributed by atoms with van der Waals surface area (Å²) in [5, 5.41) is 9.82. The Bertz CT molecular complexity index is 751. The number of aryl methyl sites for hydroxylation is 1. The van der Waals surface area contributed by atoms with Crippen molar-refractivity contribution in [2.75, 3.05) is 38.6 Å². The highest BCUT2D eigenvalue weighted by Gasteiger charge is 2.30. The minimum absolute atomic E-state index is 0. The van der Waals surface area contributed by atoms with Gasteiger partial charge in [-0.25, -0.2) is 0 Å². The van der Waals surface area contributed by atoms with E-state index in [1.807, 2.05) is 25.2 Å². The molecule has 1 unspecified atom stereocenters. The molecule has 1 saturated carbocycles. The second-order valence-electron chi connectivity index (χ2n) is 8.28. The van der Waals surface area contributed by atoms with Gasteiger partial charge in [0.2, 0.25) is 5.91 Å². The van der Waals surface area contributed by atoms with E-state index in [0.29, 0.717) is 25.6 Å². The van der Waals surface area contributed by atoms with Gasteiger partial charge in [0.1, 0.15) is 12.4 Å². The van der Waals surface area contributed by atoms with Crippen LogP contribution in [0.25, 0.3) is 0 Å². The van der Waals surface area contributed by atoms with E-state index in [1.54, 1.807) is 0 Å². The lowest BCUT2D eigenvalue weighted by Crippen LogP contribution is -2.46. The molecule has 7 nitrogen and oxygen atoms in total. The number of carbonyl (C=O) groups excluding carboxylic acids is 1. The van der Waals surface area contributed by atoms with E-state index in [0.717, 1.165) is 42.0 Å². The van der Waals surface area contributed by atoms with Gasteiger partial charge in [0, 0.05) is 44.3 Å². The Morgan fingerprint density at radius 2 is 2.10 bits per heavy atom. The van der Waals surface area contributed by atoms with Crippen molar-refractivity contribution < 1.29 is 9.53 Å². The van der Waals surface area contributed by atoms with Crippen molar-refractivity contribution in [3.05, 3.63) is 23.8 Å². The lowest BCUT2D eigenvalue weighted by molar-refractivity contribution is -0.116. The molecule has 0 bridgehead atoms. The maximum absolute atomic E-state index is 11.5. The van der Waals surface area contributed by atoms with E-state index < -0.39 is 0 Å². The van der Waals surface area contributed by atoms with Crippen LogP contribution in [0.3, 0.4) is 0 Å². The first-order valence-corrected chi connectivity index (χ1v) is 11.0. The summed E-state index contributed by atoms with van der Waals surface area (Å²) in [5.41, 5.74) is 2.04. The molecule has 166 valence electrons. The molecule has 4 rings (SSSR count). The lowest BCUT2D eigenvalue weighted by atomic mass is 10.0. The first-order valence-electron chi connectivity index (χ1n) is 11.0. The van der Waals surface area contributed by atoms with Crippen LogP contribution in [0.4, 0.5) is 5.69 Å². The minimum atomic E-state index is 0. The van der Waals surface area contributed by atoms with Gasteiger partial charge in [-0.1, -0.05) is 12.8 Å². The van der Waals surface area contributed by atoms with Gasteiger partial charge in [0.25, 0.3) is 0 Å². The highest BCUT2D eigenvalue weighted by Crippen LogP contribution is 2.27. The second-order valence-corrected chi connectivity index (χ2v) is 8.28. The average Bonchev–Trinajstić information content (AvgIpc) is 3.42. The van der Waals surface area contributed by atoms with Crippen LogP contribution in [0, 0.1) is 0 Å². The van der Waals surface area contributed by atoms with Crippen molar-refractivity contribution in [3.63, 3.8) is 0 Å². The zero-order valence-corrected chi connectivity index (χ0v) is 20.1. The Morgan fingerprint density at radius 3 is 2.90 bits per heavy atom. The van der Waals surface area contributed by atoms with Gasteiger partial charge in [-0.15, -0.1) is 24.0 Å². The number of guanidine groups is 1. The monoisotopic (exact) mass is 527 g/mol. The molecule has 8 heteroatoms. The molecule has 1 atom stereocenters. The van der Waals surface area contributed by atoms with Crippen LogP contribution in [0.15, 0.2) is 23.2 Å². The van der Waals surface area contributed by atoms with Crippen LogP contribution in [0.2, 0.25) is 0 Å². The first kappa shape index (κ1) is 23.1. The minimum Gasteiger partial charge on any atom is -0.492 e. The molecule has 0 aromatic heterocycles. The van der Waals surface area contributed by atoms with Gasteiger partial charge in [0.15, 0.2) is 5.96 Å². The van der Waals surface area contributed by atoms with Crippen molar-refractivity contribution in [3.8, 4) is 5.75 Å². The van der Waals surface area contributed by atoms with Crippen LogP contribution < -0.4 is 20.7 Å². The van der Waals surface area contributed by atoms with Crippen LogP contribution in [0.1, 0.15) is 44.1 Å². The van der Waals surface area contributed by atoms with Crippen molar-refractivity contribution in [1.29, 1.82) is 0 Å². The summed E-state index contributed by atoms with van der Waals surface area (Å²) >= 11 is 0. The van der Waals surface area contributed by atoms with Gasteiger partial charge in [-0.2, -0.15) is 0 Å². The number of rotatable bonds is 6. The largest absolute Gasteiger partial charge is 0.492 e. The fourth-order valence-corrected chi connectivity index (χ4v) is 4.68. The van der Waals surface area contributed by atoms with Crippen molar-refractivity contribution in [1.82, 2.24) is 15.5 Å². The van der Waals surface area contributed by atoms with Gasteiger partial charge in [-0.05, 0) is 49.4 Å². The third kappa shape index (κ3) is 6.00. The molecule has 0 spiro atoms. The van der Waals surface area contributed by atoms with Crippen molar-refractivity contribution in [2.45, 2.75) is 57.0 Å². The molecule has 3 N–H and O–H groups in total. The summed E-state index contributed by atoms with van der Waals surface area (Å²) in [6.45, 7) is 3.56. The number of benzene rings is 1. The van der Waals surface area contributed by atoms with Crippen LogP contribution in [-0.4, -0.2) is 62.1 Å². The molecule has 1 aliphatic carbocycles. The Balaban J connectivity index is 0.00000256. The second kappa shape index (κ2) is 11.2. The average molecular weight is 527 g/mol. The molecule has 3 aliphatic rings. The van der Waals surface area contributed by atoms with Crippen molar-refractivity contribution >= 4 is 41.5 Å². The quantitative estimate of drug-likeness (QED) is 0.230. The number of anilines is 1. The number of hydrogen-bond acceptors (Lipinski definition) is 4. The number of carbonyl (C=O) groups is 1. The maximum atomic E-state index is 11.5. The topological polar surface area (TPSA) is 78.0 Å². The zero-order valence-electron chi connectivity index (χ0n) is 17.8. The smallest absolute Gasteiger partial charge is 0.224 e. The third-order valence-electron chi connectivity index (χ3n) is 6.26. The zero-order chi connectivity index (χ0) is 20.1. The first-order chi connectivity index (χ1) is 14.2. The van der Waals surface area contributed by atoms with E-state index >= 15 is 0 Å². The van der Waals surface area contributed by atoms with Crippen LogP contribution >= 0.6 is 24.0 Å². The number of hydrogen-bond donors (Lipinski definition) is 3. The number of halogens is 1. The standard InChI is InChI=1S/C22H33N5O2.HI/c1-23-22(25-17-10-12-27(15-17)18-4-2-3-5-18)24-11-13-29-19-7-8-20-16(14-19)6-9-21(28)26-20;/h7-8,14,17-18H,2-6,9-13,15H2,1H3,(H,26,28)(H2,23,24,25);1H. The number of amides is 1. The molecule has 2 aliphatic heterocycles. The predicted molar refractivity (Wildman–Crippen MR) is 131 cm³/mol. The summed E-state index contributed by atoms with van der Waals surface area (Å²) in [5.74, 6) is 1.77. The maximum Gasteiger partial charge on any atom is 0.224 e. The van der Waals surface area contributed by atoms with E-state index in [4.69, 9.17) is 4.74 Å². The SMILES string of the molecule is CN=C(NCCOc1ccc2c(c1)CCC(=O)N2)NC1CCN(C2CCCC2)C1.I. The number of ether oxygens (including phenoxy) is 1. The van der Waals surface area contributed by atoms with Crippen LogP contribution in [-0.2, 0) is 11.2 Å². The van der Waals surface area contributed by atoms with E-state index in [1.165, 1.54) is 38.6 Å². The summed E-state index contributed by atoms with van der Waals surface area (Å²) < 4.78 is 5.88. The Kier molecular flexibility index (Phi) is 8.61. The van der Waals surface area contributed by atoms with Gasteiger partial charge < -0.3 is 20.7 Å². The molecule has 1 saturated heterocycles. The molecule has 30 heavy (non-hydrogen) atoms. The molecular weight excluding hydrogens is 493 g/mol. The van der Waals surface area contributed by atoms with Gasteiger partial charge >= 0.3 is 0 Å². The summed E-state index contributed by atoms with van der Waals surface area (Å²) in [6.07, 6.45) is 8.01. The number of likely N-dealkylation sites (tertiary alicyclic amines) is 1. The predicted octanol–water partition coefficient (Wildman–Crippen LogP) is 2.75. The number of aliphatic imine (C=N–C) groups is 1. The molecule has 2 fully saturated rings. The molecule has 1 amide bonds. The van der Waals surface area contributed by atoms with Gasteiger partial charge in [0.05, 0.1) is 6.54 Å². The summed E-state index contributed by atoms with van der Waals surface area (Å²) in [7, 11) is 1.82.